The molecule has 2 aromatic heterocycles. The molecule has 0 radical (unpaired) electrons. The van der Waals surface area contributed by atoms with Crippen molar-refractivity contribution in [3.63, 3.8) is 0 Å². The maximum atomic E-state index is 14.9. The summed E-state index contributed by atoms with van der Waals surface area (Å²) < 4.78 is 64.5. The van der Waals surface area contributed by atoms with Crippen LogP contribution >= 0.6 is 11.6 Å². The maximum Gasteiger partial charge on any atom is 0.436 e. The second-order valence-electron chi connectivity index (χ2n) is 5.23. The van der Waals surface area contributed by atoms with Crippen LogP contribution in [0.25, 0.3) is 16.8 Å². The monoisotopic (exact) mass is 402 g/mol. The number of halogens is 5. The molecule has 0 unspecified atom stereocenters. The highest BCUT2D eigenvalue weighted by molar-refractivity contribution is 6.31. The second-order valence-corrected chi connectivity index (χ2v) is 5.64. The first-order valence-electron chi connectivity index (χ1n) is 7.32. The highest BCUT2D eigenvalue weighted by Crippen LogP contribution is 2.40. The first-order chi connectivity index (χ1) is 12.8. The van der Waals surface area contributed by atoms with Crippen LogP contribution in [-0.2, 0) is 6.18 Å². The third-order valence-corrected chi connectivity index (χ3v) is 3.94. The molecule has 0 saturated heterocycles. The minimum Gasteiger partial charge on any atom is -0.494 e. The van der Waals surface area contributed by atoms with Gasteiger partial charge in [-0.2, -0.15) is 13.2 Å². The third kappa shape index (κ3) is 3.52. The number of hydrogen-bond acceptors (Lipinski definition) is 5. The van der Waals surface area contributed by atoms with Crippen LogP contribution in [0.15, 0.2) is 30.6 Å². The summed E-state index contributed by atoms with van der Waals surface area (Å²) >= 11 is 5.88. The van der Waals surface area contributed by atoms with Crippen LogP contribution in [0.4, 0.5) is 17.6 Å². The molecule has 2 heterocycles. The molecule has 0 spiro atoms. The van der Waals surface area contributed by atoms with E-state index in [9.17, 15) is 17.6 Å². The summed E-state index contributed by atoms with van der Waals surface area (Å²) in [5.41, 5.74) is -1.21. The van der Waals surface area contributed by atoms with E-state index in [2.05, 4.69) is 15.3 Å². The summed E-state index contributed by atoms with van der Waals surface area (Å²) in [5, 5.41) is 6.31. The molecule has 0 aliphatic rings. The molecule has 3 rings (SSSR count). The fraction of sp³-hybridized carbons (Fsp3) is 0.188. The normalized spacial score (nSPS) is 11.5. The first kappa shape index (κ1) is 18.9. The van der Waals surface area contributed by atoms with Gasteiger partial charge in [-0.15, -0.1) is 5.10 Å². The Morgan fingerprint density at radius 2 is 1.89 bits per heavy atom. The summed E-state index contributed by atoms with van der Waals surface area (Å²) in [6.07, 6.45) is -2.75. The van der Waals surface area contributed by atoms with Crippen molar-refractivity contribution in [1.82, 2.24) is 20.0 Å². The number of ether oxygens (including phenoxy) is 2. The van der Waals surface area contributed by atoms with Crippen LogP contribution in [0.2, 0.25) is 5.02 Å². The minimum absolute atomic E-state index is 0.0218. The van der Waals surface area contributed by atoms with Gasteiger partial charge in [0, 0.05) is 17.2 Å². The van der Waals surface area contributed by atoms with Gasteiger partial charge in [0.2, 0.25) is 5.88 Å². The quantitative estimate of drug-likeness (QED) is 0.613. The zero-order chi connectivity index (χ0) is 19.8. The molecule has 11 heteroatoms. The van der Waals surface area contributed by atoms with E-state index < -0.39 is 17.7 Å². The van der Waals surface area contributed by atoms with Gasteiger partial charge in [0.05, 0.1) is 37.3 Å². The van der Waals surface area contributed by atoms with Crippen molar-refractivity contribution < 1.29 is 27.0 Å². The largest absolute Gasteiger partial charge is 0.494 e. The van der Waals surface area contributed by atoms with Crippen molar-refractivity contribution in [1.29, 1.82) is 0 Å². The lowest BCUT2D eigenvalue weighted by Crippen LogP contribution is -2.05. The van der Waals surface area contributed by atoms with Gasteiger partial charge < -0.3 is 9.47 Å². The van der Waals surface area contributed by atoms with E-state index in [1.807, 2.05) is 0 Å². The molecule has 0 fully saturated rings. The highest BCUT2D eigenvalue weighted by atomic mass is 35.5. The topological polar surface area (TPSA) is 62.1 Å². The van der Waals surface area contributed by atoms with Crippen molar-refractivity contribution >= 4 is 11.6 Å². The van der Waals surface area contributed by atoms with Gasteiger partial charge in [-0.3, -0.25) is 0 Å². The molecule has 6 nitrogen and oxygen atoms in total. The predicted octanol–water partition coefficient (Wildman–Crippen LogP) is 4.16. The average molecular weight is 403 g/mol. The molecule has 0 atom stereocenters. The summed E-state index contributed by atoms with van der Waals surface area (Å²) in [7, 11) is 2.70. The Bertz CT molecular complexity index is 991. The standard InChI is InChI=1S/C16H11ClF4N4O2/c1-26-11-6-22-13(27-2)5-8(11)14-10(4-3-9(17)15(14)18)25-7-12(23-24-25)16(19,20)21/h3-7H,1-2H3. The number of rotatable bonds is 4. The van der Waals surface area contributed by atoms with Crippen molar-refractivity contribution in [3.8, 4) is 28.4 Å². The minimum atomic E-state index is -4.69. The lowest BCUT2D eigenvalue weighted by Gasteiger charge is -2.15. The highest BCUT2D eigenvalue weighted by Gasteiger charge is 2.35. The molecular weight excluding hydrogens is 392 g/mol. The summed E-state index contributed by atoms with van der Waals surface area (Å²) in [4.78, 5) is 3.96. The number of alkyl halides is 3. The molecule has 0 bridgehead atoms. The Balaban J connectivity index is 2.28. The van der Waals surface area contributed by atoms with Crippen LogP contribution in [0.3, 0.4) is 0 Å². The van der Waals surface area contributed by atoms with Gasteiger partial charge in [0.15, 0.2) is 11.5 Å². The zero-order valence-corrected chi connectivity index (χ0v) is 14.6. The van der Waals surface area contributed by atoms with Crippen LogP contribution in [0.5, 0.6) is 11.6 Å². The molecule has 0 saturated carbocycles. The van der Waals surface area contributed by atoms with E-state index in [1.54, 1.807) is 0 Å². The predicted molar refractivity (Wildman–Crippen MR) is 87.7 cm³/mol. The second kappa shape index (κ2) is 7.03. The molecule has 0 amide bonds. The van der Waals surface area contributed by atoms with Crippen LogP contribution in [0.1, 0.15) is 5.69 Å². The SMILES string of the molecule is COc1cc(-c2c(-n3cc(C(F)(F)F)nn3)ccc(Cl)c2F)c(OC)cn1. The van der Waals surface area contributed by atoms with Crippen LogP contribution in [-0.4, -0.2) is 34.2 Å². The van der Waals surface area contributed by atoms with Gasteiger partial charge >= 0.3 is 6.18 Å². The number of aromatic nitrogens is 4. The van der Waals surface area contributed by atoms with Gasteiger partial charge in [-0.25, -0.2) is 14.1 Å². The lowest BCUT2D eigenvalue weighted by atomic mass is 10.0. The van der Waals surface area contributed by atoms with Crippen LogP contribution in [0, 0.1) is 5.82 Å². The summed E-state index contributed by atoms with van der Waals surface area (Å²) in [6.45, 7) is 0. The fourth-order valence-electron chi connectivity index (χ4n) is 2.39. The van der Waals surface area contributed by atoms with E-state index in [-0.39, 0.29) is 33.5 Å². The van der Waals surface area contributed by atoms with E-state index in [0.29, 0.717) is 6.20 Å². The zero-order valence-electron chi connectivity index (χ0n) is 13.9. The van der Waals surface area contributed by atoms with Gasteiger partial charge in [0.1, 0.15) is 5.75 Å². The molecule has 142 valence electrons. The number of methoxy groups -OCH3 is 2. The Morgan fingerprint density at radius 3 is 2.48 bits per heavy atom. The number of benzene rings is 1. The molecule has 0 N–H and O–H groups in total. The van der Waals surface area contributed by atoms with Crippen molar-refractivity contribution in [2.45, 2.75) is 6.18 Å². The number of pyridine rings is 1. The first-order valence-corrected chi connectivity index (χ1v) is 7.70. The fourth-order valence-corrected chi connectivity index (χ4v) is 2.55. The molecular formula is C16H11ClF4N4O2. The van der Waals surface area contributed by atoms with E-state index in [0.717, 1.165) is 4.68 Å². The maximum absolute atomic E-state index is 14.9. The Labute approximate surface area is 155 Å². The Hall–Kier alpha value is -2.88. The lowest BCUT2D eigenvalue weighted by molar-refractivity contribution is -0.141. The van der Waals surface area contributed by atoms with Crippen molar-refractivity contribution in [2.75, 3.05) is 14.2 Å². The van der Waals surface area contributed by atoms with Crippen molar-refractivity contribution in [3.05, 3.63) is 47.1 Å². The van der Waals surface area contributed by atoms with E-state index >= 15 is 0 Å². The Morgan fingerprint density at radius 1 is 1.15 bits per heavy atom. The Kier molecular flexibility index (Phi) is 4.92. The van der Waals surface area contributed by atoms with E-state index in [4.69, 9.17) is 21.1 Å². The molecule has 0 aliphatic heterocycles. The van der Waals surface area contributed by atoms with E-state index in [1.165, 1.54) is 38.6 Å². The van der Waals surface area contributed by atoms with Gasteiger partial charge in [0.25, 0.3) is 0 Å². The van der Waals surface area contributed by atoms with Gasteiger partial charge in [-0.1, -0.05) is 16.8 Å². The third-order valence-electron chi connectivity index (χ3n) is 3.64. The molecule has 0 aliphatic carbocycles. The number of nitrogens with zero attached hydrogens (tertiary/aromatic N) is 4. The number of hydrogen-bond donors (Lipinski definition) is 0. The van der Waals surface area contributed by atoms with Crippen molar-refractivity contribution in [2.24, 2.45) is 0 Å². The van der Waals surface area contributed by atoms with Gasteiger partial charge in [-0.05, 0) is 12.1 Å². The summed E-state index contributed by atoms with van der Waals surface area (Å²) in [6, 6.07) is 3.90. The molecule has 27 heavy (non-hydrogen) atoms. The molecule has 1 aromatic carbocycles. The summed E-state index contributed by atoms with van der Waals surface area (Å²) in [5.74, 6) is -0.565. The molecule has 3 aromatic rings. The van der Waals surface area contributed by atoms with Crippen LogP contribution < -0.4 is 9.47 Å². The average Bonchev–Trinajstić information content (AvgIpc) is 3.13. The smallest absolute Gasteiger partial charge is 0.436 e.